The summed E-state index contributed by atoms with van der Waals surface area (Å²) in [5.41, 5.74) is 1.76. The number of pyridine rings is 1. The fourth-order valence-electron chi connectivity index (χ4n) is 2.34. The molecule has 3 aromatic rings. The second kappa shape index (κ2) is 4.72. The molecule has 0 radical (unpaired) electrons. The summed E-state index contributed by atoms with van der Waals surface area (Å²) in [5.74, 6) is 0.873. The largest absolute Gasteiger partial charge is 0.386 e. The molecule has 102 valence electrons. The molecule has 0 aliphatic heterocycles. The smallest absolute Gasteiger partial charge is 0.166 e. The molecule has 0 atom stereocenters. The Morgan fingerprint density at radius 1 is 1.05 bits per heavy atom. The molecule has 0 unspecified atom stereocenters. The molecule has 4 nitrogen and oxygen atoms in total. The van der Waals surface area contributed by atoms with Crippen LogP contribution in [0.15, 0.2) is 48.7 Å². The predicted octanol–water partition coefficient (Wildman–Crippen LogP) is 2.55. The van der Waals surface area contributed by atoms with Crippen molar-refractivity contribution in [2.75, 3.05) is 0 Å². The molecular formula is C16H17N3O. The third kappa shape index (κ3) is 2.30. The monoisotopic (exact) mass is 267 g/mol. The van der Waals surface area contributed by atoms with E-state index in [2.05, 4.69) is 22.3 Å². The fraction of sp³-hybridized carbons (Fsp3) is 0.250. The Morgan fingerprint density at radius 2 is 1.80 bits per heavy atom. The molecule has 0 aliphatic rings. The maximum atomic E-state index is 10.2. The van der Waals surface area contributed by atoms with Crippen molar-refractivity contribution >= 4 is 5.65 Å². The van der Waals surface area contributed by atoms with E-state index in [4.69, 9.17) is 0 Å². The molecule has 0 bridgehead atoms. The van der Waals surface area contributed by atoms with E-state index in [1.165, 1.54) is 5.56 Å². The molecule has 1 N–H and O–H groups in total. The van der Waals surface area contributed by atoms with E-state index in [0.29, 0.717) is 5.65 Å². The molecule has 0 amide bonds. The highest BCUT2D eigenvalue weighted by Crippen LogP contribution is 2.24. The first kappa shape index (κ1) is 12.8. The number of aliphatic hydroxyl groups is 1. The van der Waals surface area contributed by atoms with Gasteiger partial charge in [0.1, 0.15) is 5.82 Å². The zero-order valence-electron chi connectivity index (χ0n) is 11.6. The zero-order valence-corrected chi connectivity index (χ0v) is 11.6. The lowest BCUT2D eigenvalue weighted by Gasteiger charge is -2.17. The third-order valence-electron chi connectivity index (χ3n) is 3.37. The van der Waals surface area contributed by atoms with Crippen LogP contribution in [0.3, 0.4) is 0 Å². The normalized spacial score (nSPS) is 11.9. The van der Waals surface area contributed by atoms with Crippen LogP contribution in [-0.2, 0) is 12.0 Å². The van der Waals surface area contributed by atoms with Crippen molar-refractivity contribution in [2.24, 2.45) is 0 Å². The lowest BCUT2D eigenvalue weighted by atomic mass is 10.00. The van der Waals surface area contributed by atoms with Crippen molar-refractivity contribution in [2.45, 2.75) is 25.9 Å². The van der Waals surface area contributed by atoms with Gasteiger partial charge in [0.05, 0.1) is 5.60 Å². The molecule has 20 heavy (non-hydrogen) atoms. The average molecular weight is 267 g/mol. The van der Waals surface area contributed by atoms with Gasteiger partial charge in [-0.1, -0.05) is 36.4 Å². The summed E-state index contributed by atoms with van der Waals surface area (Å²) in [4.78, 5) is 0. The summed E-state index contributed by atoms with van der Waals surface area (Å²) in [6, 6.07) is 14.0. The lowest BCUT2D eigenvalue weighted by molar-refractivity contribution is 0.0796. The summed E-state index contributed by atoms with van der Waals surface area (Å²) >= 11 is 0. The maximum Gasteiger partial charge on any atom is 0.166 e. The number of aromatic nitrogens is 3. The molecule has 4 heteroatoms. The van der Waals surface area contributed by atoms with E-state index in [-0.39, 0.29) is 0 Å². The van der Waals surface area contributed by atoms with Crippen LogP contribution in [0.4, 0.5) is 0 Å². The highest BCUT2D eigenvalue weighted by Gasteiger charge is 2.21. The molecule has 0 saturated carbocycles. The highest BCUT2D eigenvalue weighted by molar-refractivity contribution is 5.50. The van der Waals surface area contributed by atoms with E-state index in [1.807, 2.05) is 40.9 Å². The SMILES string of the molecule is CC(C)(O)c1cccn2c(Cc3ccccc3)nnc12. The maximum absolute atomic E-state index is 10.2. The van der Waals surface area contributed by atoms with Crippen molar-refractivity contribution in [1.29, 1.82) is 0 Å². The quantitative estimate of drug-likeness (QED) is 0.793. The van der Waals surface area contributed by atoms with E-state index in [0.717, 1.165) is 17.8 Å². The molecule has 0 saturated heterocycles. The van der Waals surface area contributed by atoms with Crippen LogP contribution >= 0.6 is 0 Å². The van der Waals surface area contributed by atoms with E-state index < -0.39 is 5.60 Å². The minimum absolute atomic E-state index is 0.714. The minimum Gasteiger partial charge on any atom is -0.386 e. The number of benzene rings is 1. The van der Waals surface area contributed by atoms with Crippen molar-refractivity contribution in [1.82, 2.24) is 14.6 Å². The first-order chi connectivity index (χ1) is 9.55. The first-order valence-electron chi connectivity index (χ1n) is 6.65. The highest BCUT2D eigenvalue weighted by atomic mass is 16.3. The van der Waals surface area contributed by atoms with Gasteiger partial charge >= 0.3 is 0 Å². The first-order valence-corrected chi connectivity index (χ1v) is 6.65. The average Bonchev–Trinajstić information content (AvgIpc) is 2.82. The van der Waals surface area contributed by atoms with Crippen LogP contribution < -0.4 is 0 Å². The van der Waals surface area contributed by atoms with Crippen LogP contribution in [0.2, 0.25) is 0 Å². The zero-order chi connectivity index (χ0) is 14.2. The topological polar surface area (TPSA) is 50.4 Å². The summed E-state index contributed by atoms with van der Waals surface area (Å²) in [5, 5.41) is 18.7. The van der Waals surface area contributed by atoms with Crippen LogP contribution in [0, 0.1) is 0 Å². The van der Waals surface area contributed by atoms with Crippen LogP contribution in [0.25, 0.3) is 5.65 Å². The van der Waals surface area contributed by atoms with Crippen molar-refractivity contribution in [3.05, 3.63) is 65.6 Å². The van der Waals surface area contributed by atoms with Gasteiger partial charge in [-0.3, -0.25) is 4.40 Å². The molecule has 0 aliphatic carbocycles. The van der Waals surface area contributed by atoms with Crippen molar-refractivity contribution < 1.29 is 5.11 Å². The van der Waals surface area contributed by atoms with Gasteiger partial charge in [-0.2, -0.15) is 0 Å². The third-order valence-corrected chi connectivity index (χ3v) is 3.37. The van der Waals surface area contributed by atoms with Gasteiger partial charge in [-0.05, 0) is 25.5 Å². The van der Waals surface area contributed by atoms with Crippen LogP contribution in [0.1, 0.15) is 30.8 Å². The molecule has 2 heterocycles. The van der Waals surface area contributed by atoms with Gasteiger partial charge in [0, 0.05) is 18.2 Å². The predicted molar refractivity (Wildman–Crippen MR) is 77.5 cm³/mol. The summed E-state index contributed by atoms with van der Waals surface area (Å²) in [6.07, 6.45) is 2.65. The number of fused-ring (bicyclic) bond motifs is 1. The molecule has 3 rings (SSSR count). The standard InChI is InChI=1S/C16H17N3O/c1-16(2,20)13-9-6-10-19-14(17-18-15(13)19)11-12-7-4-3-5-8-12/h3-10,20H,11H2,1-2H3. The van der Waals surface area contributed by atoms with Crippen LogP contribution in [-0.4, -0.2) is 19.7 Å². The Morgan fingerprint density at radius 3 is 2.50 bits per heavy atom. The van der Waals surface area contributed by atoms with Gasteiger partial charge in [0.2, 0.25) is 0 Å². The van der Waals surface area contributed by atoms with Gasteiger partial charge in [0.25, 0.3) is 0 Å². The summed E-state index contributed by atoms with van der Waals surface area (Å²) < 4.78 is 1.94. The molecule has 1 aromatic carbocycles. The Hall–Kier alpha value is -2.20. The molecular weight excluding hydrogens is 250 g/mol. The molecule has 0 fully saturated rings. The van der Waals surface area contributed by atoms with E-state index in [9.17, 15) is 5.11 Å². The number of rotatable bonds is 3. The lowest BCUT2D eigenvalue weighted by Crippen LogP contribution is -2.17. The minimum atomic E-state index is -0.931. The van der Waals surface area contributed by atoms with E-state index >= 15 is 0 Å². The van der Waals surface area contributed by atoms with Gasteiger partial charge in [-0.15, -0.1) is 10.2 Å². The molecule has 0 spiro atoms. The Labute approximate surface area is 117 Å². The Balaban J connectivity index is 2.07. The van der Waals surface area contributed by atoms with Crippen LogP contribution in [0.5, 0.6) is 0 Å². The molecule has 2 aromatic heterocycles. The number of hydrogen-bond acceptors (Lipinski definition) is 3. The number of nitrogens with zero attached hydrogens (tertiary/aromatic N) is 3. The summed E-state index contributed by atoms with van der Waals surface area (Å²) in [6.45, 7) is 3.52. The Kier molecular flexibility index (Phi) is 3.03. The second-order valence-corrected chi connectivity index (χ2v) is 5.45. The fourth-order valence-corrected chi connectivity index (χ4v) is 2.34. The van der Waals surface area contributed by atoms with Crippen molar-refractivity contribution in [3.63, 3.8) is 0 Å². The number of hydrogen-bond donors (Lipinski definition) is 1. The van der Waals surface area contributed by atoms with E-state index in [1.54, 1.807) is 13.8 Å². The summed E-state index contributed by atoms with van der Waals surface area (Å²) in [7, 11) is 0. The van der Waals surface area contributed by atoms with Gasteiger partial charge in [0.15, 0.2) is 5.65 Å². The Bertz CT molecular complexity index is 726. The second-order valence-electron chi connectivity index (χ2n) is 5.45. The van der Waals surface area contributed by atoms with Crippen molar-refractivity contribution in [3.8, 4) is 0 Å². The van der Waals surface area contributed by atoms with Gasteiger partial charge in [-0.25, -0.2) is 0 Å². The van der Waals surface area contributed by atoms with Gasteiger partial charge < -0.3 is 5.11 Å².